The summed E-state index contributed by atoms with van der Waals surface area (Å²) in [5, 5.41) is 0. The average Bonchev–Trinajstić information content (AvgIpc) is 2.36. The van der Waals surface area contributed by atoms with Crippen LogP contribution < -0.4 is 0 Å². The number of carbonyl (C=O) groups is 2. The lowest BCUT2D eigenvalue weighted by Crippen LogP contribution is -2.51. The van der Waals surface area contributed by atoms with E-state index in [1.54, 1.807) is 20.8 Å². The van der Waals surface area contributed by atoms with Crippen LogP contribution in [0.25, 0.3) is 0 Å². The Morgan fingerprint density at radius 3 is 2.21 bits per heavy atom. The fourth-order valence-electron chi connectivity index (χ4n) is 2.36. The Hall–Kier alpha value is -1.04. The molecule has 1 unspecified atom stereocenters. The molecule has 0 radical (unpaired) electrons. The van der Waals surface area contributed by atoms with Crippen LogP contribution >= 0.6 is 0 Å². The molecule has 1 aliphatic rings. The van der Waals surface area contributed by atoms with E-state index in [9.17, 15) is 9.59 Å². The molecule has 2 atom stereocenters. The first kappa shape index (κ1) is 16.0. The Morgan fingerprint density at radius 1 is 1.32 bits per heavy atom. The Kier molecular flexibility index (Phi) is 4.34. The lowest BCUT2D eigenvalue weighted by molar-refractivity contribution is -0.125. The van der Waals surface area contributed by atoms with Crippen LogP contribution in [0.2, 0.25) is 19.6 Å². The van der Waals surface area contributed by atoms with Crippen molar-refractivity contribution >= 4 is 20.3 Å². The maximum absolute atomic E-state index is 12.0. The van der Waals surface area contributed by atoms with Crippen LogP contribution in [-0.2, 0) is 14.3 Å². The quantitative estimate of drug-likeness (QED) is 0.579. The summed E-state index contributed by atoms with van der Waals surface area (Å²) in [6.45, 7) is 13.6. The lowest BCUT2D eigenvalue weighted by Gasteiger charge is -2.35. The summed E-state index contributed by atoms with van der Waals surface area (Å²) in [6, 6.07) is -0.0771. The molecule has 1 amide bonds. The molecular formula is C13H25NO4Si. The Labute approximate surface area is 116 Å². The van der Waals surface area contributed by atoms with Gasteiger partial charge in [0, 0.05) is 0 Å². The number of rotatable bonds is 2. The monoisotopic (exact) mass is 287 g/mol. The van der Waals surface area contributed by atoms with Gasteiger partial charge in [0.05, 0.1) is 12.5 Å². The van der Waals surface area contributed by atoms with Gasteiger partial charge in [-0.3, -0.25) is 4.79 Å². The minimum atomic E-state index is -1.74. The summed E-state index contributed by atoms with van der Waals surface area (Å²) in [5.41, 5.74) is -0.582. The van der Waals surface area contributed by atoms with Crippen molar-refractivity contribution in [2.75, 3.05) is 0 Å². The molecule has 0 aliphatic carbocycles. The van der Waals surface area contributed by atoms with Crippen molar-refractivity contribution in [1.29, 1.82) is 0 Å². The first-order chi connectivity index (χ1) is 8.42. The highest BCUT2D eigenvalue weighted by molar-refractivity contribution is 6.75. The van der Waals surface area contributed by atoms with Crippen LogP contribution in [0.1, 0.15) is 34.1 Å². The van der Waals surface area contributed by atoms with E-state index in [4.69, 9.17) is 9.47 Å². The van der Waals surface area contributed by atoms with E-state index >= 15 is 0 Å². The van der Waals surface area contributed by atoms with Crippen molar-refractivity contribution in [3.05, 3.63) is 0 Å². The Bertz CT molecular complexity index is 370. The van der Waals surface area contributed by atoms with E-state index in [2.05, 4.69) is 19.6 Å². The van der Waals surface area contributed by atoms with E-state index in [0.29, 0.717) is 0 Å². The van der Waals surface area contributed by atoms with Gasteiger partial charge in [-0.1, -0.05) is 19.6 Å². The smallest absolute Gasteiger partial charge is 0.429 e. The predicted molar refractivity (Wildman–Crippen MR) is 75.4 cm³/mol. The minimum Gasteiger partial charge on any atom is -0.429 e. The van der Waals surface area contributed by atoms with E-state index in [-0.39, 0.29) is 18.4 Å². The zero-order valence-electron chi connectivity index (χ0n) is 12.9. The number of hydrogen-bond acceptors (Lipinski definition) is 4. The van der Waals surface area contributed by atoms with Crippen LogP contribution in [0.5, 0.6) is 0 Å². The summed E-state index contributed by atoms with van der Waals surface area (Å²) < 4.78 is 12.3. The van der Waals surface area contributed by atoms with Gasteiger partial charge >= 0.3 is 6.16 Å². The van der Waals surface area contributed by atoms with Crippen LogP contribution in [-0.4, -0.2) is 42.6 Å². The van der Waals surface area contributed by atoms with Crippen LogP contribution in [0, 0.1) is 0 Å². The van der Waals surface area contributed by atoms with E-state index in [1.165, 1.54) is 0 Å². The van der Waals surface area contributed by atoms with Crippen molar-refractivity contribution < 1.29 is 19.1 Å². The van der Waals surface area contributed by atoms with E-state index in [1.807, 2.05) is 11.5 Å². The summed E-state index contributed by atoms with van der Waals surface area (Å²) in [5.74, 6) is 0.0697. The third-order valence-corrected chi connectivity index (χ3v) is 5.05. The second-order valence-corrected chi connectivity index (χ2v) is 11.8. The summed E-state index contributed by atoms with van der Waals surface area (Å²) >= 11 is 0. The predicted octanol–water partition coefficient (Wildman–Crippen LogP) is 2.76. The van der Waals surface area contributed by atoms with Gasteiger partial charge in [0.15, 0.2) is 8.24 Å². The number of ether oxygens (including phenoxy) is 2. The topological polar surface area (TPSA) is 55.8 Å². The number of nitrogens with zero attached hydrogens (tertiary/aromatic N) is 1. The molecule has 0 spiro atoms. The van der Waals surface area contributed by atoms with Gasteiger partial charge in [0.1, 0.15) is 11.7 Å². The molecule has 6 heteroatoms. The molecule has 1 rings (SSSR count). The summed E-state index contributed by atoms with van der Waals surface area (Å²) in [4.78, 5) is 23.7. The fourth-order valence-corrected chi connectivity index (χ4v) is 4.58. The molecule has 0 saturated carbocycles. The summed E-state index contributed by atoms with van der Waals surface area (Å²) in [6.07, 6.45) is -0.853. The van der Waals surface area contributed by atoms with Gasteiger partial charge < -0.3 is 14.0 Å². The zero-order valence-corrected chi connectivity index (χ0v) is 13.9. The molecular weight excluding hydrogens is 262 g/mol. The zero-order chi connectivity index (χ0) is 15.0. The Morgan fingerprint density at radius 2 is 1.84 bits per heavy atom. The normalized spacial score (nSPS) is 24.6. The second-order valence-electron chi connectivity index (χ2n) is 7.00. The first-order valence-corrected chi connectivity index (χ1v) is 10.1. The molecule has 1 fully saturated rings. The van der Waals surface area contributed by atoms with Crippen LogP contribution in [0.4, 0.5) is 4.79 Å². The number of carbonyl (C=O) groups excluding carboxylic acids is 2. The largest absolute Gasteiger partial charge is 0.509 e. The molecule has 1 heterocycles. The van der Waals surface area contributed by atoms with Crippen molar-refractivity contribution in [2.45, 2.75) is 71.5 Å². The van der Waals surface area contributed by atoms with Crippen LogP contribution in [0.3, 0.4) is 0 Å². The van der Waals surface area contributed by atoms with Gasteiger partial charge in [-0.2, -0.15) is 0 Å². The van der Waals surface area contributed by atoms with Crippen molar-refractivity contribution in [3.8, 4) is 0 Å². The first-order valence-electron chi connectivity index (χ1n) is 6.63. The third-order valence-electron chi connectivity index (χ3n) is 2.95. The molecule has 110 valence electrons. The average molecular weight is 287 g/mol. The maximum atomic E-state index is 12.0. The van der Waals surface area contributed by atoms with Gasteiger partial charge in [0.2, 0.25) is 5.91 Å². The van der Waals surface area contributed by atoms with Crippen LogP contribution in [0.15, 0.2) is 0 Å². The van der Waals surface area contributed by atoms with Crippen molar-refractivity contribution in [2.24, 2.45) is 0 Å². The third kappa shape index (κ3) is 4.23. The fraction of sp³-hybridized carbons (Fsp3) is 0.846. The highest BCUT2D eigenvalue weighted by atomic mass is 28.3. The molecule has 0 aromatic rings. The molecule has 1 saturated heterocycles. The molecule has 5 nitrogen and oxygen atoms in total. The highest BCUT2D eigenvalue weighted by Crippen LogP contribution is 2.28. The Balaban J connectivity index is 2.68. The van der Waals surface area contributed by atoms with Crippen molar-refractivity contribution in [3.63, 3.8) is 0 Å². The minimum absolute atomic E-state index is 0.0697. The van der Waals surface area contributed by atoms with Gasteiger partial charge in [0.25, 0.3) is 0 Å². The number of amides is 1. The highest BCUT2D eigenvalue weighted by Gasteiger charge is 2.45. The lowest BCUT2D eigenvalue weighted by atomic mass is 10.2. The molecule has 0 bridgehead atoms. The maximum Gasteiger partial charge on any atom is 0.509 e. The van der Waals surface area contributed by atoms with E-state index < -0.39 is 26.1 Å². The summed E-state index contributed by atoms with van der Waals surface area (Å²) in [7, 11) is -1.74. The van der Waals surface area contributed by atoms with Gasteiger partial charge in [-0.05, 0) is 27.7 Å². The van der Waals surface area contributed by atoms with E-state index in [0.717, 1.165) is 0 Å². The molecule has 0 aromatic heterocycles. The molecule has 1 aliphatic heterocycles. The molecule has 0 N–H and O–H groups in total. The van der Waals surface area contributed by atoms with Gasteiger partial charge in [-0.25, -0.2) is 4.79 Å². The van der Waals surface area contributed by atoms with Crippen molar-refractivity contribution in [1.82, 2.24) is 4.57 Å². The number of hydrogen-bond donors (Lipinski definition) is 0. The second kappa shape index (κ2) is 5.15. The standard InChI is InChI=1S/C13H25NO4Si/c1-9-10(17-12(16)18-13(2,3)4)8-11(15)14(9)19(5,6)7/h9-10H,8H2,1-7H3/t9-,10?/m0/s1. The molecule has 19 heavy (non-hydrogen) atoms. The van der Waals surface area contributed by atoms with Gasteiger partial charge in [-0.15, -0.1) is 0 Å². The molecule has 0 aromatic carbocycles. The SMILES string of the molecule is C[C@H]1C(OC(=O)OC(C)(C)C)CC(=O)N1[Si](C)(C)C.